The van der Waals surface area contributed by atoms with Gasteiger partial charge in [-0.15, -0.1) is 5.10 Å². The van der Waals surface area contributed by atoms with Gasteiger partial charge in [-0.25, -0.2) is 0 Å². The van der Waals surface area contributed by atoms with Gasteiger partial charge in [0.05, 0.1) is 24.2 Å². The number of nitrogens with one attached hydrogen (secondary N) is 1. The summed E-state index contributed by atoms with van der Waals surface area (Å²) in [7, 11) is 1.67. The van der Waals surface area contributed by atoms with Gasteiger partial charge in [-0.05, 0) is 41.3 Å². The average Bonchev–Trinajstić information content (AvgIpc) is 3.31. The normalized spacial score (nSPS) is 10.7. The van der Waals surface area contributed by atoms with Crippen molar-refractivity contribution in [3.63, 3.8) is 0 Å². The van der Waals surface area contributed by atoms with Crippen LogP contribution in [-0.4, -0.2) is 28.0 Å². The molecule has 33 heavy (non-hydrogen) atoms. The molecule has 168 valence electrons. The summed E-state index contributed by atoms with van der Waals surface area (Å²) in [5.41, 5.74) is 11.2. The van der Waals surface area contributed by atoms with E-state index in [0.717, 1.165) is 34.6 Å². The Kier molecular flexibility index (Phi) is 6.99. The lowest BCUT2D eigenvalue weighted by molar-refractivity contribution is -0.116. The number of rotatable bonds is 9. The molecule has 1 aromatic heterocycles. The molecule has 0 radical (unpaired) electrons. The standard InChI is InChI=1S/C26H27N5O2/c1-33-25-10-6-5-9-20(25)15-16-31-18-22(29-30-31)12-14-26(32)28-24-17-21(11-13-23(24)27)19-7-3-2-4-8-19/h2-11,13,17-18H,12,14-16,27H2,1H3,(H,28,32). The Labute approximate surface area is 193 Å². The van der Waals surface area contributed by atoms with Crippen molar-refractivity contribution in [2.24, 2.45) is 0 Å². The van der Waals surface area contributed by atoms with E-state index >= 15 is 0 Å². The fourth-order valence-electron chi connectivity index (χ4n) is 3.64. The predicted octanol–water partition coefficient (Wildman–Crippen LogP) is 4.35. The number of nitrogens with two attached hydrogens (primary N) is 1. The number of ether oxygens (including phenoxy) is 1. The van der Waals surface area contributed by atoms with E-state index in [4.69, 9.17) is 10.5 Å². The molecule has 7 nitrogen and oxygen atoms in total. The average molecular weight is 442 g/mol. The molecule has 3 N–H and O–H groups in total. The molecule has 0 fully saturated rings. The van der Waals surface area contributed by atoms with Crippen LogP contribution in [0, 0.1) is 0 Å². The van der Waals surface area contributed by atoms with E-state index in [1.807, 2.05) is 79.0 Å². The molecule has 3 aromatic carbocycles. The van der Waals surface area contributed by atoms with E-state index in [2.05, 4.69) is 15.6 Å². The first kappa shape index (κ1) is 22.1. The number of hydrogen-bond acceptors (Lipinski definition) is 5. The first-order chi connectivity index (χ1) is 16.1. The number of aryl methyl sites for hydroxylation is 3. The minimum atomic E-state index is -0.115. The lowest BCUT2D eigenvalue weighted by atomic mass is 10.0. The van der Waals surface area contributed by atoms with Crippen LogP contribution in [0.2, 0.25) is 0 Å². The maximum Gasteiger partial charge on any atom is 0.224 e. The first-order valence-electron chi connectivity index (χ1n) is 10.9. The van der Waals surface area contributed by atoms with E-state index in [1.165, 1.54) is 0 Å². The van der Waals surface area contributed by atoms with Gasteiger partial charge in [0.2, 0.25) is 5.91 Å². The third-order valence-electron chi connectivity index (χ3n) is 5.43. The summed E-state index contributed by atoms with van der Waals surface area (Å²) in [5, 5.41) is 11.3. The van der Waals surface area contributed by atoms with Crippen molar-refractivity contribution in [3.05, 3.63) is 90.3 Å². The zero-order valence-corrected chi connectivity index (χ0v) is 18.6. The summed E-state index contributed by atoms with van der Waals surface area (Å²) < 4.78 is 7.19. The van der Waals surface area contributed by atoms with Gasteiger partial charge in [0, 0.05) is 25.6 Å². The minimum Gasteiger partial charge on any atom is -0.496 e. The van der Waals surface area contributed by atoms with Crippen molar-refractivity contribution >= 4 is 17.3 Å². The van der Waals surface area contributed by atoms with Crippen LogP contribution in [-0.2, 0) is 24.2 Å². The largest absolute Gasteiger partial charge is 0.496 e. The molecule has 1 amide bonds. The van der Waals surface area contributed by atoms with Gasteiger partial charge in [-0.2, -0.15) is 0 Å². The van der Waals surface area contributed by atoms with E-state index < -0.39 is 0 Å². The highest BCUT2D eigenvalue weighted by Crippen LogP contribution is 2.27. The topological polar surface area (TPSA) is 95.1 Å². The van der Waals surface area contributed by atoms with Crippen molar-refractivity contribution in [3.8, 4) is 16.9 Å². The van der Waals surface area contributed by atoms with E-state index in [9.17, 15) is 4.79 Å². The molecule has 7 heteroatoms. The molecule has 0 saturated heterocycles. The van der Waals surface area contributed by atoms with Gasteiger partial charge < -0.3 is 15.8 Å². The van der Waals surface area contributed by atoms with Crippen LogP contribution < -0.4 is 15.8 Å². The van der Waals surface area contributed by atoms with Gasteiger partial charge in [0.1, 0.15) is 5.75 Å². The van der Waals surface area contributed by atoms with Gasteiger partial charge >= 0.3 is 0 Å². The van der Waals surface area contributed by atoms with Gasteiger partial charge in [0.25, 0.3) is 0 Å². The second-order valence-corrected chi connectivity index (χ2v) is 7.75. The second kappa shape index (κ2) is 10.5. The molecule has 4 aromatic rings. The van der Waals surface area contributed by atoms with Crippen molar-refractivity contribution in [2.75, 3.05) is 18.2 Å². The molecule has 0 bridgehead atoms. The Morgan fingerprint density at radius 2 is 1.79 bits per heavy atom. The predicted molar refractivity (Wildman–Crippen MR) is 130 cm³/mol. The van der Waals surface area contributed by atoms with Gasteiger partial charge in [-0.3, -0.25) is 9.48 Å². The van der Waals surface area contributed by atoms with Crippen LogP contribution >= 0.6 is 0 Å². The zero-order valence-electron chi connectivity index (χ0n) is 18.6. The van der Waals surface area contributed by atoms with Crippen molar-refractivity contribution < 1.29 is 9.53 Å². The first-order valence-corrected chi connectivity index (χ1v) is 10.9. The summed E-state index contributed by atoms with van der Waals surface area (Å²) >= 11 is 0. The molecule has 1 heterocycles. The van der Waals surface area contributed by atoms with Crippen LogP contribution in [0.4, 0.5) is 11.4 Å². The quantitative estimate of drug-likeness (QED) is 0.377. The monoisotopic (exact) mass is 441 g/mol. The third kappa shape index (κ3) is 5.77. The van der Waals surface area contributed by atoms with Crippen LogP contribution in [0.25, 0.3) is 11.1 Å². The van der Waals surface area contributed by atoms with Gasteiger partial charge in [-0.1, -0.05) is 59.8 Å². The number of hydrogen-bond donors (Lipinski definition) is 2. The van der Waals surface area contributed by atoms with Crippen molar-refractivity contribution in [1.82, 2.24) is 15.0 Å². The Morgan fingerprint density at radius 3 is 2.61 bits per heavy atom. The Morgan fingerprint density at radius 1 is 1.00 bits per heavy atom. The number of carbonyl (C=O) groups excluding carboxylic acids is 1. The number of nitrogen functional groups attached to an aromatic ring is 1. The van der Waals surface area contributed by atoms with E-state index in [1.54, 1.807) is 11.8 Å². The second-order valence-electron chi connectivity index (χ2n) is 7.75. The molecule has 0 unspecified atom stereocenters. The minimum absolute atomic E-state index is 0.115. The highest BCUT2D eigenvalue weighted by molar-refractivity contribution is 5.95. The van der Waals surface area contributed by atoms with Crippen LogP contribution in [0.5, 0.6) is 5.75 Å². The lowest BCUT2D eigenvalue weighted by Gasteiger charge is -2.10. The Balaban J connectivity index is 1.31. The molecule has 0 saturated carbocycles. The Hall–Kier alpha value is -4.13. The lowest BCUT2D eigenvalue weighted by Crippen LogP contribution is -2.13. The summed E-state index contributed by atoms with van der Waals surface area (Å²) in [5.74, 6) is 0.751. The van der Waals surface area contributed by atoms with Crippen LogP contribution in [0.1, 0.15) is 17.7 Å². The smallest absolute Gasteiger partial charge is 0.224 e. The number of para-hydroxylation sites is 1. The fourth-order valence-corrected chi connectivity index (χ4v) is 3.64. The van der Waals surface area contributed by atoms with Crippen LogP contribution in [0.15, 0.2) is 79.0 Å². The summed E-state index contributed by atoms with van der Waals surface area (Å²) in [6.07, 6.45) is 3.45. The number of aromatic nitrogens is 3. The molecule has 4 rings (SSSR count). The number of nitrogens with zero attached hydrogens (tertiary/aromatic N) is 3. The highest BCUT2D eigenvalue weighted by atomic mass is 16.5. The Bertz CT molecular complexity index is 1220. The summed E-state index contributed by atoms with van der Waals surface area (Å²) in [4.78, 5) is 12.5. The SMILES string of the molecule is COc1ccccc1CCn1cc(CCC(=O)Nc2cc(-c3ccccc3)ccc2N)nn1. The molecule has 0 aliphatic heterocycles. The zero-order chi connectivity index (χ0) is 23.0. The number of methoxy groups -OCH3 is 1. The molecule has 0 atom stereocenters. The van der Waals surface area contributed by atoms with Crippen LogP contribution in [0.3, 0.4) is 0 Å². The molecule has 0 spiro atoms. The maximum absolute atomic E-state index is 12.5. The van der Waals surface area contributed by atoms with Crippen molar-refractivity contribution in [1.29, 1.82) is 0 Å². The molecule has 0 aliphatic carbocycles. The fraction of sp³-hybridized carbons (Fsp3) is 0.192. The molecular weight excluding hydrogens is 414 g/mol. The molecular formula is C26H27N5O2. The summed E-state index contributed by atoms with van der Waals surface area (Å²) in [6.45, 7) is 0.683. The van der Waals surface area contributed by atoms with E-state index in [-0.39, 0.29) is 5.91 Å². The van der Waals surface area contributed by atoms with Gasteiger partial charge in [0.15, 0.2) is 0 Å². The number of carbonyl (C=O) groups is 1. The number of anilines is 2. The van der Waals surface area contributed by atoms with E-state index in [0.29, 0.717) is 30.8 Å². The summed E-state index contributed by atoms with van der Waals surface area (Å²) in [6, 6.07) is 23.6. The highest BCUT2D eigenvalue weighted by Gasteiger charge is 2.10. The third-order valence-corrected chi connectivity index (χ3v) is 5.43. The maximum atomic E-state index is 12.5. The molecule has 0 aliphatic rings. The van der Waals surface area contributed by atoms with Crippen molar-refractivity contribution in [2.45, 2.75) is 25.8 Å². The number of benzene rings is 3. The number of amides is 1.